The first-order valence-corrected chi connectivity index (χ1v) is 7.49. The molecule has 96 valence electrons. The largest absolute Gasteiger partial charge is 0.141 e. The number of benzene rings is 2. The van der Waals surface area contributed by atoms with Crippen molar-refractivity contribution >= 4 is 106 Å². The van der Waals surface area contributed by atoms with Crippen LogP contribution in [-0.2, 0) is 0 Å². The van der Waals surface area contributed by atoms with Crippen molar-refractivity contribution in [2.45, 2.75) is 9.79 Å². The highest BCUT2D eigenvalue weighted by molar-refractivity contribution is 7.81. The van der Waals surface area contributed by atoms with Crippen LogP contribution in [0.3, 0.4) is 0 Å². The van der Waals surface area contributed by atoms with E-state index in [0.717, 1.165) is 0 Å². The van der Waals surface area contributed by atoms with Gasteiger partial charge >= 0.3 is 0 Å². The highest BCUT2D eigenvalue weighted by Crippen LogP contribution is 2.51. The summed E-state index contributed by atoms with van der Waals surface area (Å²) in [5.74, 6) is 0. The summed E-state index contributed by atoms with van der Waals surface area (Å²) in [7, 11) is 0. The molecular formula is C10H2Cl6S2. The van der Waals surface area contributed by atoms with Crippen LogP contribution >= 0.6 is 94.9 Å². The molecule has 0 heterocycles. The summed E-state index contributed by atoms with van der Waals surface area (Å²) >= 11 is 44.9. The predicted molar refractivity (Wildman–Crippen MR) is 88.5 cm³/mol. The number of thiol groups is 2. The summed E-state index contributed by atoms with van der Waals surface area (Å²) in [6.45, 7) is 0. The van der Waals surface area contributed by atoms with E-state index in [4.69, 9.17) is 69.6 Å². The first kappa shape index (κ1) is 15.5. The highest BCUT2D eigenvalue weighted by Gasteiger charge is 2.22. The molecule has 0 unspecified atom stereocenters. The minimum Gasteiger partial charge on any atom is -0.141 e. The van der Waals surface area contributed by atoms with E-state index in [1.807, 2.05) is 0 Å². The molecule has 0 spiro atoms. The van der Waals surface area contributed by atoms with Gasteiger partial charge in [-0.2, -0.15) is 0 Å². The first-order chi connectivity index (χ1) is 8.29. The minimum absolute atomic E-state index is 0.156. The van der Waals surface area contributed by atoms with Crippen LogP contribution in [0.2, 0.25) is 30.1 Å². The van der Waals surface area contributed by atoms with Crippen LogP contribution in [0.4, 0.5) is 0 Å². The zero-order chi connectivity index (χ0) is 13.8. The van der Waals surface area contributed by atoms with Crippen LogP contribution in [0.5, 0.6) is 0 Å². The molecule has 18 heavy (non-hydrogen) atoms. The Labute approximate surface area is 144 Å². The average Bonchev–Trinajstić information content (AvgIpc) is 2.35. The normalized spacial score (nSPS) is 11.3. The van der Waals surface area contributed by atoms with Gasteiger partial charge in [-0.3, -0.25) is 0 Å². The monoisotopic (exact) mass is 396 g/mol. The van der Waals surface area contributed by atoms with Gasteiger partial charge in [0.1, 0.15) is 0 Å². The fourth-order valence-electron chi connectivity index (χ4n) is 1.50. The van der Waals surface area contributed by atoms with Gasteiger partial charge in [0.15, 0.2) is 0 Å². The quantitative estimate of drug-likeness (QED) is 0.336. The Balaban J connectivity index is 3.22. The van der Waals surface area contributed by atoms with Gasteiger partial charge < -0.3 is 0 Å². The zero-order valence-corrected chi connectivity index (χ0v) is 14.5. The minimum atomic E-state index is 0.156. The van der Waals surface area contributed by atoms with E-state index in [2.05, 4.69) is 25.3 Å². The van der Waals surface area contributed by atoms with E-state index in [0.29, 0.717) is 20.6 Å². The second-order valence-electron chi connectivity index (χ2n) is 3.33. The molecule has 0 saturated carbocycles. The number of hydrogen-bond donors (Lipinski definition) is 2. The van der Waals surface area contributed by atoms with E-state index in [1.165, 1.54) is 0 Å². The highest BCUT2D eigenvalue weighted by atomic mass is 35.5. The summed E-state index contributed by atoms with van der Waals surface area (Å²) < 4.78 is 0. The second kappa shape index (κ2) is 5.50. The fourth-order valence-corrected chi connectivity index (χ4v) is 3.86. The van der Waals surface area contributed by atoms with Crippen molar-refractivity contribution in [3.05, 3.63) is 30.1 Å². The van der Waals surface area contributed by atoms with Crippen molar-refractivity contribution in [2.75, 3.05) is 0 Å². The molecule has 0 amide bonds. The van der Waals surface area contributed by atoms with Crippen LogP contribution in [-0.4, -0.2) is 0 Å². The summed E-state index contributed by atoms with van der Waals surface area (Å²) in [4.78, 5) is 0.790. The van der Waals surface area contributed by atoms with Gasteiger partial charge in [-0.15, -0.1) is 25.3 Å². The molecule has 0 aliphatic carbocycles. The van der Waals surface area contributed by atoms with Crippen molar-refractivity contribution in [2.24, 2.45) is 0 Å². The van der Waals surface area contributed by atoms with Crippen molar-refractivity contribution in [1.29, 1.82) is 0 Å². The maximum Gasteiger partial charge on any atom is 0.0796 e. The molecule has 0 fully saturated rings. The first-order valence-electron chi connectivity index (χ1n) is 4.33. The van der Waals surface area contributed by atoms with Crippen molar-refractivity contribution in [3.8, 4) is 0 Å². The molecule has 0 nitrogen and oxygen atoms in total. The molecule has 2 aromatic carbocycles. The standard InChI is InChI=1S/C10H2Cl6S2/c11-3-1-2(9(17)7(15)5(3)13)10(18)8(16)6(14)4(1)12/h17-18H. The predicted octanol–water partition coefficient (Wildman–Crippen LogP) is 7.34. The lowest BCUT2D eigenvalue weighted by atomic mass is 10.1. The smallest absolute Gasteiger partial charge is 0.0796 e. The number of halogens is 6. The molecule has 8 heteroatoms. The van der Waals surface area contributed by atoms with Crippen LogP contribution in [0.15, 0.2) is 9.79 Å². The van der Waals surface area contributed by atoms with E-state index >= 15 is 0 Å². The van der Waals surface area contributed by atoms with E-state index in [1.54, 1.807) is 0 Å². The molecule has 2 aromatic rings. The topological polar surface area (TPSA) is 0 Å². The van der Waals surface area contributed by atoms with Gasteiger partial charge in [-0.05, 0) is 0 Å². The fraction of sp³-hybridized carbons (Fsp3) is 0. The van der Waals surface area contributed by atoms with Crippen molar-refractivity contribution in [1.82, 2.24) is 0 Å². The maximum atomic E-state index is 6.13. The lowest BCUT2D eigenvalue weighted by molar-refractivity contribution is 1.46. The van der Waals surface area contributed by atoms with Crippen molar-refractivity contribution < 1.29 is 0 Å². The Morgan fingerprint density at radius 1 is 0.444 bits per heavy atom. The number of rotatable bonds is 0. The molecule has 0 saturated heterocycles. The van der Waals surface area contributed by atoms with E-state index in [-0.39, 0.29) is 30.1 Å². The van der Waals surface area contributed by atoms with E-state index < -0.39 is 0 Å². The molecule has 0 aromatic heterocycles. The molecule has 0 aliphatic rings. The average molecular weight is 399 g/mol. The Bertz CT molecular complexity index is 569. The molecular weight excluding hydrogens is 397 g/mol. The SMILES string of the molecule is Sc1c(Cl)c(Cl)c(Cl)c2c(Cl)c(Cl)c(Cl)c(S)c12. The Hall–Kier alpha value is 1.14. The van der Waals surface area contributed by atoms with Gasteiger partial charge in [0.25, 0.3) is 0 Å². The van der Waals surface area contributed by atoms with Gasteiger partial charge in [0, 0.05) is 20.6 Å². The molecule has 0 bridgehead atoms. The lowest BCUT2D eigenvalue weighted by Crippen LogP contribution is -1.88. The summed E-state index contributed by atoms with van der Waals surface area (Å²) in [6.07, 6.45) is 0. The second-order valence-corrected chi connectivity index (χ2v) is 6.49. The molecule has 0 aliphatic heterocycles. The number of fused-ring (bicyclic) bond motifs is 1. The summed E-state index contributed by atoms with van der Waals surface area (Å²) in [5.41, 5.74) is 0. The van der Waals surface area contributed by atoms with Gasteiger partial charge in [-0.1, -0.05) is 69.6 Å². The third kappa shape index (κ3) is 2.19. The van der Waals surface area contributed by atoms with Gasteiger partial charge in [-0.25, -0.2) is 0 Å². The Morgan fingerprint density at radius 2 is 0.778 bits per heavy atom. The van der Waals surface area contributed by atoms with Gasteiger partial charge in [0.2, 0.25) is 0 Å². The van der Waals surface area contributed by atoms with Crippen LogP contribution in [0.1, 0.15) is 0 Å². The summed E-state index contributed by atoms with van der Waals surface area (Å²) in [5, 5.41) is 2.05. The third-order valence-corrected chi connectivity index (χ3v) is 6.16. The van der Waals surface area contributed by atoms with E-state index in [9.17, 15) is 0 Å². The summed E-state index contributed by atoms with van der Waals surface area (Å²) in [6, 6.07) is 0. The number of hydrogen-bond acceptors (Lipinski definition) is 2. The van der Waals surface area contributed by atoms with Crippen LogP contribution < -0.4 is 0 Å². The van der Waals surface area contributed by atoms with Gasteiger partial charge in [0.05, 0.1) is 30.1 Å². The molecule has 0 N–H and O–H groups in total. The van der Waals surface area contributed by atoms with Crippen molar-refractivity contribution in [3.63, 3.8) is 0 Å². The van der Waals surface area contributed by atoms with Crippen LogP contribution in [0, 0.1) is 0 Å². The third-order valence-electron chi connectivity index (χ3n) is 2.35. The Morgan fingerprint density at radius 3 is 1.11 bits per heavy atom. The molecule has 0 radical (unpaired) electrons. The lowest BCUT2D eigenvalue weighted by Gasteiger charge is -2.15. The zero-order valence-electron chi connectivity index (χ0n) is 8.16. The molecule has 0 atom stereocenters. The van der Waals surface area contributed by atoms with Crippen LogP contribution in [0.25, 0.3) is 10.8 Å². The maximum absolute atomic E-state index is 6.13. The Kier molecular flexibility index (Phi) is 4.74. The molecule has 2 rings (SSSR count).